The second-order valence-corrected chi connectivity index (χ2v) is 3.33. The summed E-state index contributed by atoms with van der Waals surface area (Å²) in [5, 5.41) is 11.8. The summed E-state index contributed by atoms with van der Waals surface area (Å²) >= 11 is 0. The zero-order valence-corrected chi connectivity index (χ0v) is 10.5. The van der Waals surface area contributed by atoms with Gasteiger partial charge in [-0.1, -0.05) is 0 Å². The van der Waals surface area contributed by atoms with Gasteiger partial charge in [-0.15, -0.1) is 0 Å². The Labute approximate surface area is 103 Å². The molecule has 0 aromatic carbocycles. The standard InChI is InChI=1S/C8H19N3O2.2ClH/c1-6(11-4-2-3-9)5-7(10)8(12)13;;/h6-7,11H,2-5,9-10H2,1H3,(H,12,13);2*1H/t6-,7+;;/m0../s1. The van der Waals surface area contributed by atoms with E-state index in [2.05, 4.69) is 16.8 Å². The van der Waals surface area contributed by atoms with Gasteiger partial charge in [0.15, 0.2) is 6.04 Å². The van der Waals surface area contributed by atoms with E-state index < -0.39 is 12.0 Å². The van der Waals surface area contributed by atoms with Crippen LogP contribution in [0.1, 0.15) is 19.8 Å². The van der Waals surface area contributed by atoms with Gasteiger partial charge in [0, 0.05) is 25.4 Å². The Morgan fingerprint density at radius 1 is 1.47 bits per heavy atom. The fraction of sp³-hybridized carbons (Fsp3) is 0.875. The number of quaternary nitrogens is 2. The molecule has 7 heteroatoms. The molecule has 94 valence electrons. The lowest BCUT2D eigenvalue weighted by atomic mass is 10.1. The van der Waals surface area contributed by atoms with Crippen molar-refractivity contribution >= 4 is 5.97 Å². The van der Waals surface area contributed by atoms with Crippen LogP contribution in [-0.4, -0.2) is 36.2 Å². The third kappa shape index (κ3) is 11.9. The van der Waals surface area contributed by atoms with Crippen LogP contribution in [-0.2, 0) is 4.79 Å². The third-order valence-corrected chi connectivity index (χ3v) is 1.91. The minimum absolute atomic E-state index is 0. The number of aliphatic carboxylic acids is 1. The topological polar surface area (TPSA) is 105 Å². The first kappa shape index (κ1) is 20.4. The molecule has 0 amide bonds. The Bertz CT molecular complexity index is 161. The van der Waals surface area contributed by atoms with E-state index in [0.29, 0.717) is 6.42 Å². The molecule has 0 aliphatic carbocycles. The Balaban J connectivity index is -0.000000720. The molecule has 15 heavy (non-hydrogen) atoms. The quantitative estimate of drug-likeness (QED) is 0.342. The lowest BCUT2D eigenvalue weighted by Crippen LogP contribution is -3.00. The second-order valence-electron chi connectivity index (χ2n) is 3.33. The Hall–Kier alpha value is -0.0700. The van der Waals surface area contributed by atoms with Crippen molar-refractivity contribution in [1.29, 1.82) is 0 Å². The van der Waals surface area contributed by atoms with Gasteiger partial charge in [-0.25, -0.2) is 4.79 Å². The summed E-state index contributed by atoms with van der Waals surface area (Å²) in [6.07, 6.45) is 1.60. The van der Waals surface area contributed by atoms with E-state index >= 15 is 0 Å². The van der Waals surface area contributed by atoms with Gasteiger partial charge in [-0.05, 0) is 6.92 Å². The first-order valence-electron chi connectivity index (χ1n) is 4.66. The molecule has 0 radical (unpaired) electrons. The van der Waals surface area contributed by atoms with E-state index in [9.17, 15) is 4.79 Å². The van der Waals surface area contributed by atoms with Gasteiger partial charge in [0.25, 0.3) is 0 Å². The van der Waals surface area contributed by atoms with Gasteiger partial charge in [0.05, 0.1) is 6.54 Å². The highest BCUT2D eigenvalue weighted by atomic mass is 35.5. The van der Waals surface area contributed by atoms with Crippen LogP contribution in [0.15, 0.2) is 0 Å². The molecule has 0 unspecified atom stereocenters. The molecule has 0 aliphatic heterocycles. The highest BCUT2D eigenvalue weighted by Crippen LogP contribution is 1.93. The number of nitrogens with one attached hydrogen (secondary N) is 1. The van der Waals surface area contributed by atoms with Crippen molar-refractivity contribution in [2.24, 2.45) is 0 Å². The summed E-state index contributed by atoms with van der Waals surface area (Å²) in [7, 11) is 0. The maximum absolute atomic E-state index is 10.5. The van der Waals surface area contributed by atoms with Crippen LogP contribution in [0.5, 0.6) is 0 Å². The van der Waals surface area contributed by atoms with E-state index in [1.165, 1.54) is 0 Å². The largest absolute Gasteiger partial charge is 1.00 e. The average Bonchev–Trinajstić information content (AvgIpc) is 2.04. The van der Waals surface area contributed by atoms with Crippen molar-refractivity contribution in [3.63, 3.8) is 0 Å². The highest BCUT2D eigenvalue weighted by Gasteiger charge is 2.18. The first-order chi connectivity index (χ1) is 6.07. The molecule has 8 N–H and O–H groups in total. The first-order valence-corrected chi connectivity index (χ1v) is 4.66. The van der Waals surface area contributed by atoms with Crippen molar-refractivity contribution in [3.05, 3.63) is 0 Å². The van der Waals surface area contributed by atoms with E-state index in [4.69, 9.17) is 5.11 Å². The molecule has 0 bridgehead atoms. The van der Waals surface area contributed by atoms with E-state index in [0.717, 1.165) is 19.5 Å². The molecule has 0 heterocycles. The van der Waals surface area contributed by atoms with E-state index in [1.807, 2.05) is 6.92 Å². The monoisotopic (exact) mass is 261 g/mol. The predicted octanol–water partition coefficient (Wildman–Crippen LogP) is -8.31. The van der Waals surface area contributed by atoms with Crippen molar-refractivity contribution < 1.29 is 46.2 Å². The smallest absolute Gasteiger partial charge is 0.362 e. The van der Waals surface area contributed by atoms with Gasteiger partial charge in [-0.3, -0.25) is 0 Å². The minimum Gasteiger partial charge on any atom is -1.00 e. The molecule has 0 rings (SSSR count). The van der Waals surface area contributed by atoms with Crippen molar-refractivity contribution in [2.45, 2.75) is 31.8 Å². The summed E-state index contributed by atoms with van der Waals surface area (Å²) < 4.78 is 0. The molecule has 2 atom stereocenters. The van der Waals surface area contributed by atoms with Crippen LogP contribution < -0.4 is 41.6 Å². The normalized spacial score (nSPS) is 13.3. The van der Waals surface area contributed by atoms with Gasteiger partial charge in [0.2, 0.25) is 0 Å². The molecule has 0 spiro atoms. The number of halogens is 2. The predicted molar refractivity (Wildman–Crippen MR) is 48.8 cm³/mol. The Kier molecular flexibility index (Phi) is 16.3. The Morgan fingerprint density at radius 2 is 2.00 bits per heavy atom. The summed E-state index contributed by atoms with van der Waals surface area (Å²) in [4.78, 5) is 10.5. The van der Waals surface area contributed by atoms with Gasteiger partial charge in [-0.2, -0.15) is 0 Å². The molecule has 0 saturated carbocycles. The van der Waals surface area contributed by atoms with Crippen LogP contribution in [0.3, 0.4) is 0 Å². The fourth-order valence-electron chi connectivity index (χ4n) is 1.08. The maximum atomic E-state index is 10.5. The van der Waals surface area contributed by atoms with E-state index in [1.54, 1.807) is 0 Å². The highest BCUT2D eigenvalue weighted by molar-refractivity contribution is 5.71. The van der Waals surface area contributed by atoms with Gasteiger partial charge >= 0.3 is 5.97 Å². The van der Waals surface area contributed by atoms with Gasteiger partial charge < -0.3 is 46.7 Å². The number of carbonyl (C=O) groups is 1. The second kappa shape index (κ2) is 12.0. The molecule has 0 fully saturated rings. The van der Waals surface area contributed by atoms with Crippen LogP contribution in [0.4, 0.5) is 0 Å². The zero-order valence-electron chi connectivity index (χ0n) is 9.01. The summed E-state index contributed by atoms with van der Waals surface area (Å²) in [6, 6.07) is -0.299. The Morgan fingerprint density at radius 3 is 2.40 bits per heavy atom. The van der Waals surface area contributed by atoms with Crippen LogP contribution in [0.2, 0.25) is 0 Å². The fourth-order valence-corrected chi connectivity index (χ4v) is 1.08. The lowest BCUT2D eigenvalue weighted by Gasteiger charge is -2.13. The number of carboxylic acid groups (broad SMARTS) is 1. The molecule has 0 aliphatic rings. The average molecular weight is 262 g/mol. The number of carboxylic acids is 1. The number of hydrogen-bond donors (Lipinski definition) is 4. The summed E-state index contributed by atoms with van der Waals surface area (Å²) in [6.45, 7) is 3.79. The SMILES string of the molecule is C[C@@H](C[C@@H]([NH3+])C(=O)O)NCCC[NH3+].[Cl-].[Cl-]. The summed E-state index contributed by atoms with van der Waals surface area (Å²) in [5.41, 5.74) is 7.28. The summed E-state index contributed by atoms with van der Waals surface area (Å²) in [5.74, 6) is -0.828. The molecule has 0 saturated heterocycles. The van der Waals surface area contributed by atoms with Crippen LogP contribution >= 0.6 is 0 Å². The van der Waals surface area contributed by atoms with Crippen molar-refractivity contribution in [3.8, 4) is 0 Å². The maximum Gasteiger partial charge on any atom is 0.362 e. The molecule has 0 aromatic rings. The lowest BCUT2D eigenvalue weighted by molar-refractivity contribution is -0.409. The molecule has 5 nitrogen and oxygen atoms in total. The van der Waals surface area contributed by atoms with Gasteiger partial charge in [0.1, 0.15) is 0 Å². The number of hydrogen-bond acceptors (Lipinski definition) is 2. The van der Waals surface area contributed by atoms with Crippen LogP contribution in [0.25, 0.3) is 0 Å². The van der Waals surface area contributed by atoms with Crippen LogP contribution in [0, 0.1) is 0 Å². The zero-order chi connectivity index (χ0) is 10.3. The number of rotatable bonds is 7. The van der Waals surface area contributed by atoms with Crippen molar-refractivity contribution in [1.82, 2.24) is 5.32 Å². The van der Waals surface area contributed by atoms with E-state index in [-0.39, 0.29) is 30.9 Å². The van der Waals surface area contributed by atoms with Crippen molar-refractivity contribution in [2.75, 3.05) is 13.1 Å². The molecular formula is C8H21Cl2N3O2. The third-order valence-electron chi connectivity index (χ3n) is 1.91. The molecule has 0 aromatic heterocycles. The minimum atomic E-state index is -0.828. The molecular weight excluding hydrogens is 241 g/mol.